The third-order valence-corrected chi connectivity index (χ3v) is 5.52. The van der Waals surface area contributed by atoms with Crippen LogP contribution in [-0.2, 0) is 14.8 Å². The summed E-state index contributed by atoms with van der Waals surface area (Å²) in [5.41, 5.74) is 1.000. The number of sulfonamides is 1. The highest BCUT2D eigenvalue weighted by atomic mass is 32.2. The van der Waals surface area contributed by atoms with Gasteiger partial charge in [0, 0.05) is 0 Å². The predicted molar refractivity (Wildman–Crippen MR) is 81.6 cm³/mol. The van der Waals surface area contributed by atoms with Crippen molar-refractivity contribution < 1.29 is 17.6 Å². The van der Waals surface area contributed by atoms with Crippen LogP contribution in [0.4, 0.5) is 0 Å². The fraction of sp³-hybridized carbons (Fsp3) is 0.250. The minimum absolute atomic E-state index is 0.229. The van der Waals surface area contributed by atoms with E-state index in [0.717, 1.165) is 5.56 Å². The highest BCUT2D eigenvalue weighted by Crippen LogP contribution is 2.36. The van der Waals surface area contributed by atoms with Gasteiger partial charge >= 0.3 is 0 Å². The van der Waals surface area contributed by atoms with E-state index in [4.69, 9.17) is 9.15 Å². The van der Waals surface area contributed by atoms with E-state index < -0.39 is 22.3 Å². The van der Waals surface area contributed by atoms with Crippen molar-refractivity contribution in [3.63, 3.8) is 0 Å². The average molecular weight is 319 g/mol. The molecule has 1 aromatic carbocycles. The lowest BCUT2D eigenvalue weighted by molar-refractivity contribution is 0.0495. The van der Waals surface area contributed by atoms with Crippen LogP contribution in [0.2, 0.25) is 0 Å². The summed E-state index contributed by atoms with van der Waals surface area (Å²) in [5.74, 6) is 0.458. The van der Waals surface area contributed by atoms with Gasteiger partial charge in [0.05, 0.1) is 23.8 Å². The molecule has 1 fully saturated rings. The Kier molecular flexibility index (Phi) is 3.90. The summed E-state index contributed by atoms with van der Waals surface area (Å²) >= 11 is 0. The summed E-state index contributed by atoms with van der Waals surface area (Å²) in [4.78, 5) is 0.229. The van der Waals surface area contributed by atoms with Crippen molar-refractivity contribution in [2.45, 2.75) is 24.1 Å². The van der Waals surface area contributed by atoms with E-state index in [0.29, 0.717) is 5.76 Å². The molecule has 2 atom stereocenters. The molecule has 0 bridgehead atoms. The van der Waals surface area contributed by atoms with Gasteiger partial charge in [0.15, 0.2) is 6.23 Å². The molecule has 116 valence electrons. The Balaban J connectivity index is 2.04. The summed E-state index contributed by atoms with van der Waals surface area (Å²) in [6, 6.07) is 9.72. The van der Waals surface area contributed by atoms with Crippen LogP contribution in [0.15, 0.2) is 64.6 Å². The fourth-order valence-electron chi connectivity index (χ4n) is 2.46. The van der Waals surface area contributed by atoms with Gasteiger partial charge in [0.2, 0.25) is 10.0 Å². The maximum atomic E-state index is 13.0. The number of hydrogen-bond acceptors (Lipinski definition) is 4. The molecule has 1 aliphatic rings. The maximum absolute atomic E-state index is 13.0. The molecule has 0 amide bonds. The Morgan fingerprint density at radius 2 is 2.00 bits per heavy atom. The van der Waals surface area contributed by atoms with Gasteiger partial charge in [-0.2, -0.15) is 4.31 Å². The minimum Gasteiger partial charge on any atom is -0.465 e. The number of rotatable bonds is 4. The summed E-state index contributed by atoms with van der Waals surface area (Å²) < 4.78 is 38.2. The SMILES string of the molecule is C=C[C@H]1CO[C@@H](c2ccco2)N1S(=O)(=O)c1ccc(C)cc1. The monoisotopic (exact) mass is 319 g/mol. The van der Waals surface area contributed by atoms with Gasteiger partial charge in [-0.25, -0.2) is 8.42 Å². The Morgan fingerprint density at radius 1 is 1.27 bits per heavy atom. The summed E-state index contributed by atoms with van der Waals surface area (Å²) in [5, 5.41) is 0. The lowest BCUT2D eigenvalue weighted by Gasteiger charge is -2.24. The largest absolute Gasteiger partial charge is 0.465 e. The normalized spacial score (nSPS) is 22.8. The second-order valence-electron chi connectivity index (χ2n) is 5.15. The molecule has 6 heteroatoms. The van der Waals surface area contributed by atoms with Gasteiger partial charge in [0.25, 0.3) is 0 Å². The van der Waals surface area contributed by atoms with Gasteiger partial charge in [-0.3, -0.25) is 0 Å². The van der Waals surface area contributed by atoms with Crippen molar-refractivity contribution in [3.8, 4) is 0 Å². The van der Waals surface area contributed by atoms with Crippen LogP contribution in [0, 0.1) is 6.92 Å². The van der Waals surface area contributed by atoms with Crippen LogP contribution in [0.25, 0.3) is 0 Å². The van der Waals surface area contributed by atoms with Crippen LogP contribution in [0.3, 0.4) is 0 Å². The van der Waals surface area contributed by atoms with E-state index in [1.54, 1.807) is 42.5 Å². The standard InChI is InChI=1S/C16H17NO4S/c1-3-13-11-21-16(15-5-4-10-20-15)17(13)22(18,19)14-8-6-12(2)7-9-14/h3-10,13,16H,1,11H2,2H3/t13-,16-/m0/s1. The second kappa shape index (κ2) is 5.72. The van der Waals surface area contributed by atoms with E-state index in [-0.39, 0.29) is 11.5 Å². The van der Waals surface area contributed by atoms with E-state index in [2.05, 4.69) is 6.58 Å². The van der Waals surface area contributed by atoms with Crippen LogP contribution < -0.4 is 0 Å². The number of furan rings is 1. The molecule has 1 saturated heterocycles. The highest BCUT2D eigenvalue weighted by Gasteiger charge is 2.44. The van der Waals surface area contributed by atoms with Gasteiger partial charge in [-0.1, -0.05) is 23.8 Å². The first-order chi connectivity index (χ1) is 10.5. The molecule has 1 aliphatic heterocycles. The molecule has 5 nitrogen and oxygen atoms in total. The van der Waals surface area contributed by atoms with Crippen LogP contribution >= 0.6 is 0 Å². The van der Waals surface area contributed by atoms with Crippen molar-refractivity contribution in [1.82, 2.24) is 4.31 Å². The van der Waals surface area contributed by atoms with Crippen LogP contribution in [0.5, 0.6) is 0 Å². The molecule has 0 unspecified atom stereocenters. The average Bonchev–Trinajstić information content (AvgIpc) is 3.16. The molecule has 22 heavy (non-hydrogen) atoms. The number of ether oxygens (including phenoxy) is 1. The molecular weight excluding hydrogens is 302 g/mol. The van der Waals surface area contributed by atoms with Crippen LogP contribution in [-0.4, -0.2) is 25.4 Å². The Hall–Kier alpha value is -1.89. The van der Waals surface area contributed by atoms with E-state index in [1.165, 1.54) is 10.6 Å². The van der Waals surface area contributed by atoms with Gasteiger partial charge < -0.3 is 9.15 Å². The highest BCUT2D eigenvalue weighted by molar-refractivity contribution is 7.89. The van der Waals surface area contributed by atoms with Crippen molar-refractivity contribution in [3.05, 3.63) is 66.6 Å². The number of hydrogen-bond donors (Lipinski definition) is 0. The predicted octanol–water partition coefficient (Wildman–Crippen LogP) is 2.86. The molecule has 1 aromatic heterocycles. The topological polar surface area (TPSA) is 59.8 Å². The molecule has 3 rings (SSSR count). The number of aryl methyl sites for hydroxylation is 1. The molecule has 0 N–H and O–H groups in total. The van der Waals surface area contributed by atoms with Crippen LogP contribution in [0.1, 0.15) is 17.6 Å². The summed E-state index contributed by atoms with van der Waals surface area (Å²) in [6.07, 6.45) is 2.30. The first-order valence-electron chi connectivity index (χ1n) is 6.92. The number of nitrogens with zero attached hydrogens (tertiary/aromatic N) is 1. The Morgan fingerprint density at radius 3 is 2.59 bits per heavy atom. The Bertz CT molecular complexity index is 750. The quantitative estimate of drug-likeness (QED) is 0.813. The van der Waals surface area contributed by atoms with E-state index in [1.807, 2.05) is 6.92 Å². The zero-order valence-corrected chi connectivity index (χ0v) is 13.0. The van der Waals surface area contributed by atoms with Crippen molar-refractivity contribution in [2.24, 2.45) is 0 Å². The third-order valence-electron chi connectivity index (χ3n) is 3.64. The zero-order valence-electron chi connectivity index (χ0n) is 12.2. The molecule has 2 aromatic rings. The van der Waals surface area contributed by atoms with E-state index >= 15 is 0 Å². The smallest absolute Gasteiger partial charge is 0.246 e. The first-order valence-corrected chi connectivity index (χ1v) is 8.36. The van der Waals surface area contributed by atoms with Crippen molar-refractivity contribution in [1.29, 1.82) is 0 Å². The Labute approximate surface area is 129 Å². The van der Waals surface area contributed by atoms with Gasteiger partial charge in [0.1, 0.15) is 5.76 Å². The molecule has 2 heterocycles. The lowest BCUT2D eigenvalue weighted by atomic mass is 10.2. The second-order valence-corrected chi connectivity index (χ2v) is 7.00. The maximum Gasteiger partial charge on any atom is 0.246 e. The third kappa shape index (κ3) is 2.49. The summed E-state index contributed by atoms with van der Waals surface area (Å²) in [6.45, 7) is 5.87. The molecule has 0 spiro atoms. The van der Waals surface area contributed by atoms with Crippen molar-refractivity contribution >= 4 is 10.0 Å². The first kappa shape index (κ1) is 15.0. The van der Waals surface area contributed by atoms with E-state index in [9.17, 15) is 8.42 Å². The molecular formula is C16H17NO4S. The van der Waals surface area contributed by atoms with Crippen molar-refractivity contribution in [2.75, 3.05) is 6.61 Å². The molecule has 0 radical (unpaired) electrons. The molecule has 0 saturated carbocycles. The lowest BCUT2D eigenvalue weighted by Crippen LogP contribution is -2.37. The van der Waals surface area contributed by atoms with Gasteiger partial charge in [-0.15, -0.1) is 6.58 Å². The number of benzene rings is 1. The zero-order chi connectivity index (χ0) is 15.7. The molecule has 0 aliphatic carbocycles. The van der Waals surface area contributed by atoms with Gasteiger partial charge in [-0.05, 0) is 31.2 Å². The summed E-state index contributed by atoms with van der Waals surface area (Å²) in [7, 11) is -3.71. The minimum atomic E-state index is -3.71. The fourth-order valence-corrected chi connectivity index (χ4v) is 4.10.